The molecule has 19 heavy (non-hydrogen) atoms. The van der Waals surface area contributed by atoms with Crippen LogP contribution in [-0.4, -0.2) is 17.9 Å². The van der Waals surface area contributed by atoms with Crippen molar-refractivity contribution in [1.29, 1.82) is 0 Å². The molecule has 0 spiro atoms. The van der Waals surface area contributed by atoms with Gasteiger partial charge in [0.1, 0.15) is 5.69 Å². The van der Waals surface area contributed by atoms with Crippen molar-refractivity contribution in [2.75, 3.05) is 18.1 Å². The predicted octanol–water partition coefficient (Wildman–Crippen LogP) is 1.64. The third-order valence-electron chi connectivity index (χ3n) is 2.70. The van der Waals surface area contributed by atoms with E-state index in [-0.39, 0.29) is 5.91 Å². The molecule has 1 aromatic carbocycles. The molecule has 2 rings (SSSR count). The van der Waals surface area contributed by atoms with Crippen LogP contribution in [0, 0.1) is 0 Å². The summed E-state index contributed by atoms with van der Waals surface area (Å²) in [6.07, 6.45) is 1.61. The summed E-state index contributed by atoms with van der Waals surface area (Å²) in [7, 11) is 1.58. The number of aromatic nitrogens is 1. The van der Waals surface area contributed by atoms with Crippen LogP contribution in [0.25, 0.3) is 0 Å². The van der Waals surface area contributed by atoms with Gasteiger partial charge in [-0.3, -0.25) is 9.78 Å². The van der Waals surface area contributed by atoms with Crippen LogP contribution in [0.4, 0.5) is 11.4 Å². The van der Waals surface area contributed by atoms with Crippen LogP contribution in [0.3, 0.4) is 0 Å². The smallest absolute Gasteiger partial charge is 0.269 e. The Morgan fingerprint density at radius 1 is 1.26 bits per heavy atom. The number of nitrogens with one attached hydrogen (secondary N) is 2. The Kier molecular flexibility index (Phi) is 3.97. The summed E-state index contributed by atoms with van der Waals surface area (Å²) in [5.74, 6) is -0.198. The van der Waals surface area contributed by atoms with Crippen molar-refractivity contribution in [3.63, 3.8) is 0 Å². The quantitative estimate of drug-likeness (QED) is 0.726. The number of rotatable bonds is 4. The fourth-order valence-electron chi connectivity index (χ4n) is 1.63. The average molecular weight is 256 g/mol. The highest BCUT2D eigenvalue weighted by Gasteiger charge is 2.04. The van der Waals surface area contributed by atoms with E-state index in [1.807, 2.05) is 30.3 Å². The Hall–Kier alpha value is -2.56. The fourth-order valence-corrected chi connectivity index (χ4v) is 1.63. The summed E-state index contributed by atoms with van der Waals surface area (Å²) in [4.78, 5) is 15.5. The minimum atomic E-state index is -0.198. The van der Waals surface area contributed by atoms with Crippen LogP contribution in [0.2, 0.25) is 0 Å². The molecule has 0 unspecified atom stereocenters. The molecule has 0 atom stereocenters. The number of hydrogen-bond donors (Lipinski definition) is 3. The number of nitrogen functional groups attached to an aromatic ring is 1. The highest BCUT2D eigenvalue weighted by molar-refractivity contribution is 5.92. The number of carbonyl (C=O) groups is 1. The lowest BCUT2D eigenvalue weighted by Gasteiger charge is -2.08. The van der Waals surface area contributed by atoms with E-state index >= 15 is 0 Å². The zero-order valence-electron chi connectivity index (χ0n) is 10.7. The van der Waals surface area contributed by atoms with Crippen molar-refractivity contribution in [3.05, 3.63) is 53.9 Å². The standard InChI is InChI=1S/C14H16N4O/c1-16-14(19)13-8-12(6-7-17-13)18-9-10-2-4-11(15)5-3-10/h2-8H,9,15H2,1H3,(H,16,19)(H,17,18). The second-order valence-electron chi connectivity index (χ2n) is 4.10. The van der Waals surface area contributed by atoms with Crippen LogP contribution in [0.5, 0.6) is 0 Å². The van der Waals surface area contributed by atoms with Crippen molar-refractivity contribution in [1.82, 2.24) is 10.3 Å². The van der Waals surface area contributed by atoms with Gasteiger partial charge in [-0.2, -0.15) is 0 Å². The van der Waals surface area contributed by atoms with Gasteiger partial charge in [0.2, 0.25) is 0 Å². The minimum Gasteiger partial charge on any atom is -0.399 e. The van der Waals surface area contributed by atoms with Crippen molar-refractivity contribution < 1.29 is 4.79 Å². The number of pyridine rings is 1. The van der Waals surface area contributed by atoms with Crippen LogP contribution >= 0.6 is 0 Å². The summed E-state index contributed by atoms with van der Waals surface area (Å²) in [5.41, 5.74) is 8.74. The van der Waals surface area contributed by atoms with Crippen molar-refractivity contribution in [2.24, 2.45) is 0 Å². The van der Waals surface area contributed by atoms with Gasteiger partial charge in [-0.05, 0) is 29.8 Å². The Labute approximate surface area is 111 Å². The van der Waals surface area contributed by atoms with Crippen LogP contribution in [-0.2, 0) is 6.54 Å². The van der Waals surface area contributed by atoms with Gasteiger partial charge in [-0.25, -0.2) is 0 Å². The lowest BCUT2D eigenvalue weighted by Crippen LogP contribution is -2.19. The third kappa shape index (κ3) is 3.45. The number of carbonyl (C=O) groups excluding carboxylic acids is 1. The van der Waals surface area contributed by atoms with E-state index in [0.29, 0.717) is 12.2 Å². The molecule has 5 nitrogen and oxygen atoms in total. The summed E-state index contributed by atoms with van der Waals surface area (Å²) in [6.45, 7) is 0.664. The molecule has 5 heteroatoms. The normalized spacial score (nSPS) is 9.95. The Morgan fingerprint density at radius 2 is 2.00 bits per heavy atom. The first-order valence-electron chi connectivity index (χ1n) is 5.95. The molecular weight excluding hydrogens is 240 g/mol. The molecule has 0 aliphatic rings. The van der Waals surface area contributed by atoms with Gasteiger partial charge in [0, 0.05) is 31.2 Å². The topological polar surface area (TPSA) is 80.0 Å². The molecule has 1 heterocycles. The number of nitrogens with two attached hydrogens (primary N) is 1. The number of nitrogens with zero attached hydrogens (tertiary/aromatic N) is 1. The largest absolute Gasteiger partial charge is 0.399 e. The van der Waals surface area contributed by atoms with Crippen molar-refractivity contribution in [2.45, 2.75) is 6.54 Å². The second kappa shape index (κ2) is 5.86. The Bertz CT molecular complexity index is 566. The molecule has 4 N–H and O–H groups in total. The lowest BCUT2D eigenvalue weighted by molar-refractivity contribution is 0.0958. The van der Waals surface area contributed by atoms with Crippen molar-refractivity contribution in [3.8, 4) is 0 Å². The molecule has 0 aliphatic carbocycles. The monoisotopic (exact) mass is 256 g/mol. The van der Waals surface area contributed by atoms with Crippen LogP contribution in [0.15, 0.2) is 42.6 Å². The first-order chi connectivity index (χ1) is 9.19. The SMILES string of the molecule is CNC(=O)c1cc(NCc2ccc(N)cc2)ccn1. The summed E-state index contributed by atoms with van der Waals surface area (Å²) < 4.78 is 0. The van der Waals surface area contributed by atoms with Crippen LogP contribution in [0.1, 0.15) is 16.1 Å². The van der Waals surface area contributed by atoms with E-state index in [9.17, 15) is 4.79 Å². The number of hydrogen-bond acceptors (Lipinski definition) is 4. The molecule has 1 amide bonds. The maximum absolute atomic E-state index is 11.5. The van der Waals surface area contributed by atoms with Crippen molar-refractivity contribution >= 4 is 17.3 Å². The second-order valence-corrected chi connectivity index (χ2v) is 4.10. The molecule has 98 valence electrons. The van der Waals surface area contributed by atoms with Gasteiger partial charge in [-0.1, -0.05) is 12.1 Å². The zero-order chi connectivity index (χ0) is 13.7. The van der Waals surface area contributed by atoms with Gasteiger partial charge in [0.15, 0.2) is 0 Å². The molecule has 0 saturated carbocycles. The molecular formula is C14H16N4O. The van der Waals surface area contributed by atoms with E-state index in [2.05, 4.69) is 15.6 Å². The summed E-state index contributed by atoms with van der Waals surface area (Å²) in [5, 5.41) is 5.78. The molecule has 0 bridgehead atoms. The number of benzene rings is 1. The first kappa shape index (κ1) is 12.9. The Balaban J connectivity index is 2.03. The maximum atomic E-state index is 11.5. The maximum Gasteiger partial charge on any atom is 0.269 e. The number of amides is 1. The fraction of sp³-hybridized carbons (Fsp3) is 0.143. The highest BCUT2D eigenvalue weighted by Crippen LogP contribution is 2.11. The zero-order valence-corrected chi connectivity index (χ0v) is 10.7. The van der Waals surface area contributed by atoms with Gasteiger partial charge >= 0.3 is 0 Å². The first-order valence-corrected chi connectivity index (χ1v) is 5.95. The highest BCUT2D eigenvalue weighted by atomic mass is 16.1. The lowest BCUT2D eigenvalue weighted by atomic mass is 10.2. The minimum absolute atomic E-state index is 0.198. The van der Waals surface area contributed by atoms with Gasteiger partial charge in [0.25, 0.3) is 5.91 Å². The van der Waals surface area contributed by atoms with Crippen LogP contribution < -0.4 is 16.4 Å². The van der Waals surface area contributed by atoms with Gasteiger partial charge < -0.3 is 16.4 Å². The van der Waals surface area contributed by atoms with E-state index in [1.54, 1.807) is 19.3 Å². The van der Waals surface area contributed by atoms with E-state index in [4.69, 9.17) is 5.73 Å². The molecule has 0 radical (unpaired) electrons. The molecule has 0 fully saturated rings. The average Bonchev–Trinajstić information content (AvgIpc) is 2.46. The molecule has 1 aromatic heterocycles. The number of anilines is 2. The predicted molar refractivity (Wildman–Crippen MR) is 75.8 cm³/mol. The Morgan fingerprint density at radius 3 is 2.68 bits per heavy atom. The third-order valence-corrected chi connectivity index (χ3v) is 2.70. The van der Waals surface area contributed by atoms with Gasteiger partial charge in [0.05, 0.1) is 0 Å². The van der Waals surface area contributed by atoms with Gasteiger partial charge in [-0.15, -0.1) is 0 Å². The molecule has 2 aromatic rings. The van der Waals surface area contributed by atoms with E-state index in [0.717, 1.165) is 16.9 Å². The van der Waals surface area contributed by atoms with E-state index in [1.165, 1.54) is 0 Å². The molecule has 0 aliphatic heterocycles. The van der Waals surface area contributed by atoms with E-state index < -0.39 is 0 Å². The summed E-state index contributed by atoms with van der Waals surface area (Å²) in [6, 6.07) is 11.2. The molecule has 0 saturated heterocycles. The summed E-state index contributed by atoms with van der Waals surface area (Å²) >= 11 is 0.